The van der Waals surface area contributed by atoms with Gasteiger partial charge in [0.25, 0.3) is 5.91 Å². The number of benzene rings is 1. The van der Waals surface area contributed by atoms with Crippen LogP contribution in [-0.4, -0.2) is 29.9 Å². The van der Waals surface area contributed by atoms with Crippen molar-refractivity contribution in [2.45, 2.75) is 26.7 Å². The molecule has 0 saturated heterocycles. The summed E-state index contributed by atoms with van der Waals surface area (Å²) >= 11 is 0. The van der Waals surface area contributed by atoms with Crippen LogP contribution in [0, 0.1) is 6.92 Å². The quantitative estimate of drug-likeness (QED) is 0.724. The summed E-state index contributed by atoms with van der Waals surface area (Å²) in [6.45, 7) is 4.65. The topological polar surface area (TPSA) is 80.3 Å². The molecule has 1 heterocycles. The van der Waals surface area contributed by atoms with Crippen molar-refractivity contribution in [2.24, 2.45) is 0 Å². The Morgan fingerprint density at radius 3 is 2.68 bits per heavy atom. The van der Waals surface area contributed by atoms with E-state index in [9.17, 15) is 9.59 Å². The lowest BCUT2D eigenvalue weighted by Gasteiger charge is -2.10. The number of para-hydroxylation sites is 1. The first-order valence-electron chi connectivity index (χ1n) is 8.33. The summed E-state index contributed by atoms with van der Waals surface area (Å²) in [5, 5.41) is 5.56. The summed E-state index contributed by atoms with van der Waals surface area (Å²) in [7, 11) is 0. The smallest absolute Gasteiger partial charge is 0.255 e. The highest BCUT2D eigenvalue weighted by molar-refractivity contribution is 5.97. The number of carbonyl (C=O) groups excluding carboxylic acids is 2. The van der Waals surface area contributed by atoms with Crippen LogP contribution in [-0.2, 0) is 4.79 Å². The summed E-state index contributed by atoms with van der Waals surface area (Å²) in [5.41, 5.74) is 1.34. The van der Waals surface area contributed by atoms with Crippen LogP contribution in [0.25, 0.3) is 0 Å². The molecule has 2 N–H and O–H groups in total. The van der Waals surface area contributed by atoms with Crippen LogP contribution in [0.15, 0.2) is 42.5 Å². The second-order valence-corrected chi connectivity index (χ2v) is 5.50. The molecule has 0 aliphatic heterocycles. The minimum Gasteiger partial charge on any atom is -0.493 e. The van der Waals surface area contributed by atoms with Gasteiger partial charge in [-0.05, 0) is 44.5 Å². The first-order chi connectivity index (χ1) is 12.1. The van der Waals surface area contributed by atoms with E-state index in [2.05, 4.69) is 15.6 Å². The van der Waals surface area contributed by atoms with Gasteiger partial charge in [-0.2, -0.15) is 0 Å². The molecule has 6 heteroatoms. The van der Waals surface area contributed by atoms with Crippen molar-refractivity contribution in [3.05, 3.63) is 53.7 Å². The number of carbonyl (C=O) groups is 2. The number of hydrogen-bond donors (Lipinski definition) is 2. The molecule has 0 bridgehead atoms. The van der Waals surface area contributed by atoms with E-state index in [1.165, 1.54) is 0 Å². The van der Waals surface area contributed by atoms with Crippen molar-refractivity contribution < 1.29 is 14.3 Å². The summed E-state index contributed by atoms with van der Waals surface area (Å²) in [6, 6.07) is 12.6. The maximum Gasteiger partial charge on any atom is 0.255 e. The van der Waals surface area contributed by atoms with Crippen molar-refractivity contribution in [1.29, 1.82) is 0 Å². The van der Waals surface area contributed by atoms with Gasteiger partial charge in [0.05, 0.1) is 12.2 Å². The minimum absolute atomic E-state index is 0.123. The third-order valence-corrected chi connectivity index (χ3v) is 3.45. The predicted octanol–water partition coefficient (Wildman–Crippen LogP) is 2.94. The van der Waals surface area contributed by atoms with Gasteiger partial charge in [0, 0.05) is 18.7 Å². The van der Waals surface area contributed by atoms with Gasteiger partial charge in [-0.1, -0.05) is 18.2 Å². The van der Waals surface area contributed by atoms with Crippen LogP contribution in [0.1, 0.15) is 35.8 Å². The number of pyridine rings is 1. The third-order valence-electron chi connectivity index (χ3n) is 3.45. The molecule has 0 unspecified atom stereocenters. The monoisotopic (exact) mass is 341 g/mol. The molecule has 0 radical (unpaired) electrons. The Morgan fingerprint density at radius 2 is 1.92 bits per heavy atom. The largest absolute Gasteiger partial charge is 0.493 e. The molecule has 2 aromatic rings. The van der Waals surface area contributed by atoms with Crippen molar-refractivity contribution in [3.8, 4) is 5.75 Å². The van der Waals surface area contributed by atoms with Crippen LogP contribution in [0.3, 0.4) is 0 Å². The van der Waals surface area contributed by atoms with Gasteiger partial charge in [0.1, 0.15) is 11.6 Å². The van der Waals surface area contributed by atoms with E-state index in [4.69, 9.17) is 4.74 Å². The standard InChI is InChI=1S/C19H23N3O3/c1-3-25-16-10-5-4-9-15(16)19(24)20-13-7-12-18(23)22-17-11-6-8-14(2)21-17/h4-6,8-11H,3,7,12-13H2,1-2H3,(H,20,24)(H,21,22,23). The van der Waals surface area contributed by atoms with Gasteiger partial charge in [-0.25, -0.2) is 4.98 Å². The molecule has 1 aromatic carbocycles. The summed E-state index contributed by atoms with van der Waals surface area (Å²) < 4.78 is 5.45. The molecule has 0 aliphatic rings. The number of aryl methyl sites for hydroxylation is 1. The lowest BCUT2D eigenvalue weighted by atomic mass is 10.2. The van der Waals surface area contributed by atoms with E-state index < -0.39 is 0 Å². The van der Waals surface area contributed by atoms with Crippen LogP contribution < -0.4 is 15.4 Å². The number of nitrogens with one attached hydrogen (secondary N) is 2. The number of rotatable bonds is 8. The maximum atomic E-state index is 12.2. The molecule has 0 atom stereocenters. The lowest BCUT2D eigenvalue weighted by molar-refractivity contribution is -0.116. The van der Waals surface area contributed by atoms with Crippen LogP contribution in [0.2, 0.25) is 0 Å². The minimum atomic E-state index is -0.204. The predicted molar refractivity (Wildman–Crippen MR) is 96.8 cm³/mol. The molecular weight excluding hydrogens is 318 g/mol. The van der Waals surface area contributed by atoms with Gasteiger partial charge in [-0.3, -0.25) is 9.59 Å². The Labute approximate surface area is 147 Å². The molecule has 0 fully saturated rings. The van der Waals surface area contributed by atoms with E-state index in [0.717, 1.165) is 5.69 Å². The average molecular weight is 341 g/mol. The number of amides is 2. The molecular formula is C19H23N3O3. The molecule has 25 heavy (non-hydrogen) atoms. The fourth-order valence-corrected chi connectivity index (χ4v) is 2.30. The highest BCUT2D eigenvalue weighted by Gasteiger charge is 2.11. The molecule has 132 valence electrons. The van der Waals surface area contributed by atoms with E-state index in [1.54, 1.807) is 24.3 Å². The van der Waals surface area contributed by atoms with Gasteiger partial charge >= 0.3 is 0 Å². The Kier molecular flexibility index (Phi) is 6.95. The Morgan fingerprint density at radius 1 is 1.12 bits per heavy atom. The van der Waals surface area contributed by atoms with Crippen molar-refractivity contribution in [2.75, 3.05) is 18.5 Å². The lowest BCUT2D eigenvalue weighted by Crippen LogP contribution is -2.26. The molecule has 6 nitrogen and oxygen atoms in total. The Balaban J connectivity index is 1.75. The Hall–Kier alpha value is -2.89. The first kappa shape index (κ1) is 18.4. The van der Waals surface area contributed by atoms with Gasteiger partial charge in [0.2, 0.25) is 5.91 Å². The summed E-state index contributed by atoms with van der Waals surface area (Å²) in [6.07, 6.45) is 0.850. The fraction of sp³-hybridized carbons (Fsp3) is 0.316. The van der Waals surface area contributed by atoms with Crippen LogP contribution in [0.5, 0.6) is 5.75 Å². The number of aromatic nitrogens is 1. The zero-order valence-electron chi connectivity index (χ0n) is 14.5. The first-order valence-corrected chi connectivity index (χ1v) is 8.33. The van der Waals surface area contributed by atoms with Crippen molar-refractivity contribution in [1.82, 2.24) is 10.3 Å². The maximum absolute atomic E-state index is 12.2. The zero-order chi connectivity index (χ0) is 18.1. The highest BCUT2D eigenvalue weighted by atomic mass is 16.5. The van der Waals surface area contributed by atoms with E-state index in [1.807, 2.05) is 32.0 Å². The van der Waals surface area contributed by atoms with Crippen molar-refractivity contribution >= 4 is 17.6 Å². The summed E-state index contributed by atoms with van der Waals surface area (Å²) in [4.78, 5) is 28.3. The molecule has 2 rings (SSSR count). The summed E-state index contributed by atoms with van der Waals surface area (Å²) in [5.74, 6) is 0.775. The SMILES string of the molecule is CCOc1ccccc1C(=O)NCCCC(=O)Nc1cccc(C)n1. The molecule has 1 aromatic heterocycles. The fourth-order valence-electron chi connectivity index (χ4n) is 2.30. The van der Waals surface area contributed by atoms with E-state index >= 15 is 0 Å². The second kappa shape index (κ2) is 9.42. The molecule has 0 aliphatic carbocycles. The van der Waals surface area contributed by atoms with Crippen molar-refractivity contribution in [3.63, 3.8) is 0 Å². The number of nitrogens with zero attached hydrogens (tertiary/aromatic N) is 1. The van der Waals surface area contributed by atoms with Gasteiger partial charge < -0.3 is 15.4 Å². The number of ether oxygens (including phenoxy) is 1. The van der Waals surface area contributed by atoms with Crippen LogP contribution in [0.4, 0.5) is 5.82 Å². The Bertz CT molecular complexity index is 731. The van der Waals surface area contributed by atoms with E-state index in [-0.39, 0.29) is 11.8 Å². The van der Waals surface area contributed by atoms with Crippen LogP contribution >= 0.6 is 0 Å². The zero-order valence-corrected chi connectivity index (χ0v) is 14.5. The normalized spacial score (nSPS) is 10.2. The number of anilines is 1. The van der Waals surface area contributed by atoms with E-state index in [0.29, 0.717) is 43.1 Å². The van der Waals surface area contributed by atoms with Gasteiger partial charge in [-0.15, -0.1) is 0 Å². The second-order valence-electron chi connectivity index (χ2n) is 5.50. The average Bonchev–Trinajstić information content (AvgIpc) is 2.59. The number of hydrogen-bond acceptors (Lipinski definition) is 4. The third kappa shape index (κ3) is 5.91. The highest BCUT2D eigenvalue weighted by Crippen LogP contribution is 2.17. The molecule has 0 spiro atoms. The molecule has 2 amide bonds. The molecule has 0 saturated carbocycles. The van der Waals surface area contributed by atoms with Gasteiger partial charge in [0.15, 0.2) is 0 Å².